The van der Waals surface area contributed by atoms with Gasteiger partial charge in [-0.05, 0) is 24.3 Å². The summed E-state index contributed by atoms with van der Waals surface area (Å²) >= 11 is 11.3. The molecule has 1 atom stereocenters. The van der Waals surface area contributed by atoms with E-state index in [1.165, 1.54) is 7.11 Å². The van der Waals surface area contributed by atoms with E-state index in [9.17, 15) is 9.59 Å². The van der Waals surface area contributed by atoms with E-state index in [2.05, 4.69) is 15.4 Å². The molecule has 2 amide bonds. The number of nitrogens with one attached hydrogen (secondary N) is 2. The molecule has 0 aliphatic heterocycles. The first kappa shape index (κ1) is 14.6. The second kappa shape index (κ2) is 7.08. The summed E-state index contributed by atoms with van der Waals surface area (Å²) in [5.41, 5.74) is 0.551. The highest BCUT2D eigenvalue weighted by molar-refractivity contribution is 6.30. The van der Waals surface area contributed by atoms with E-state index in [4.69, 9.17) is 23.2 Å². The van der Waals surface area contributed by atoms with Crippen LogP contribution in [-0.2, 0) is 9.53 Å². The summed E-state index contributed by atoms with van der Waals surface area (Å²) in [5, 5.41) is 5.49. The van der Waals surface area contributed by atoms with Crippen molar-refractivity contribution in [2.24, 2.45) is 0 Å². The fourth-order valence-corrected chi connectivity index (χ4v) is 1.49. The first-order valence-electron chi connectivity index (χ1n) is 5.03. The lowest BCUT2D eigenvalue weighted by Crippen LogP contribution is -2.44. The van der Waals surface area contributed by atoms with Crippen molar-refractivity contribution in [3.8, 4) is 0 Å². The summed E-state index contributed by atoms with van der Waals surface area (Å²) in [5.74, 6) is -0.669. The molecule has 18 heavy (non-hydrogen) atoms. The Morgan fingerprint density at radius 3 is 2.44 bits per heavy atom. The summed E-state index contributed by atoms with van der Waals surface area (Å²) in [4.78, 5) is 22.8. The normalized spacial score (nSPS) is 11.5. The molecule has 0 aromatic heterocycles. The number of hydrogen-bond acceptors (Lipinski definition) is 3. The van der Waals surface area contributed by atoms with Gasteiger partial charge in [-0.3, -0.25) is 0 Å². The van der Waals surface area contributed by atoms with Gasteiger partial charge >= 0.3 is 12.0 Å². The fourth-order valence-electron chi connectivity index (χ4n) is 1.16. The summed E-state index contributed by atoms with van der Waals surface area (Å²) < 4.78 is 4.49. The quantitative estimate of drug-likeness (QED) is 0.660. The number of alkyl halides is 1. The van der Waals surface area contributed by atoms with Gasteiger partial charge in [0.15, 0.2) is 0 Å². The molecule has 0 aliphatic rings. The van der Waals surface area contributed by atoms with Crippen molar-refractivity contribution in [3.63, 3.8) is 0 Å². The van der Waals surface area contributed by atoms with Crippen molar-refractivity contribution >= 4 is 40.9 Å². The third-order valence-corrected chi connectivity index (χ3v) is 2.61. The Balaban J connectivity index is 2.55. The lowest BCUT2D eigenvalue weighted by Gasteiger charge is -2.14. The van der Waals surface area contributed by atoms with E-state index in [0.717, 1.165) is 0 Å². The summed E-state index contributed by atoms with van der Waals surface area (Å²) in [6, 6.07) is 5.11. The number of urea groups is 1. The second-order valence-electron chi connectivity index (χ2n) is 3.34. The van der Waals surface area contributed by atoms with Gasteiger partial charge < -0.3 is 15.4 Å². The Morgan fingerprint density at radius 1 is 1.33 bits per heavy atom. The largest absolute Gasteiger partial charge is 0.467 e. The van der Waals surface area contributed by atoms with E-state index in [-0.39, 0.29) is 5.88 Å². The third kappa shape index (κ3) is 4.43. The Morgan fingerprint density at radius 2 is 1.94 bits per heavy atom. The van der Waals surface area contributed by atoms with E-state index >= 15 is 0 Å². The van der Waals surface area contributed by atoms with Gasteiger partial charge in [0, 0.05) is 10.7 Å². The van der Waals surface area contributed by atoms with Crippen LogP contribution >= 0.6 is 23.2 Å². The minimum atomic E-state index is -0.885. The predicted octanol–water partition coefficient (Wildman–Crippen LogP) is 2.24. The van der Waals surface area contributed by atoms with Crippen molar-refractivity contribution in [1.82, 2.24) is 5.32 Å². The molecule has 0 radical (unpaired) electrons. The minimum absolute atomic E-state index is 0.0687. The average Bonchev–Trinajstić information content (AvgIpc) is 2.37. The minimum Gasteiger partial charge on any atom is -0.467 e. The zero-order chi connectivity index (χ0) is 13.5. The molecule has 0 spiro atoms. The van der Waals surface area contributed by atoms with Gasteiger partial charge in [0.2, 0.25) is 0 Å². The molecule has 1 rings (SSSR count). The van der Waals surface area contributed by atoms with Crippen molar-refractivity contribution < 1.29 is 14.3 Å². The fraction of sp³-hybridized carbons (Fsp3) is 0.273. The Kier molecular flexibility index (Phi) is 5.74. The molecule has 0 saturated heterocycles. The van der Waals surface area contributed by atoms with Gasteiger partial charge in [-0.2, -0.15) is 0 Å². The van der Waals surface area contributed by atoms with Crippen LogP contribution in [0.5, 0.6) is 0 Å². The highest BCUT2D eigenvalue weighted by Gasteiger charge is 2.20. The monoisotopic (exact) mass is 290 g/mol. The number of esters is 1. The van der Waals surface area contributed by atoms with E-state index in [1.54, 1.807) is 24.3 Å². The van der Waals surface area contributed by atoms with Gasteiger partial charge in [-0.25, -0.2) is 9.59 Å². The van der Waals surface area contributed by atoms with Crippen LogP contribution < -0.4 is 10.6 Å². The predicted molar refractivity (Wildman–Crippen MR) is 70.1 cm³/mol. The molecule has 1 aromatic carbocycles. The van der Waals surface area contributed by atoms with Crippen LogP contribution in [0.2, 0.25) is 5.02 Å². The molecule has 0 bridgehead atoms. The highest BCUT2D eigenvalue weighted by atomic mass is 35.5. The summed E-state index contributed by atoms with van der Waals surface area (Å²) in [7, 11) is 1.22. The highest BCUT2D eigenvalue weighted by Crippen LogP contribution is 2.13. The average molecular weight is 291 g/mol. The van der Waals surface area contributed by atoms with Gasteiger partial charge in [0.1, 0.15) is 6.04 Å². The Bertz CT molecular complexity index is 423. The third-order valence-electron chi connectivity index (χ3n) is 2.05. The zero-order valence-electron chi connectivity index (χ0n) is 9.57. The summed E-state index contributed by atoms with van der Waals surface area (Å²) in [6.45, 7) is 0. The molecule has 7 heteroatoms. The smallest absolute Gasteiger partial charge is 0.329 e. The van der Waals surface area contributed by atoms with E-state index in [1.807, 2.05) is 0 Å². The van der Waals surface area contributed by atoms with Crippen molar-refractivity contribution in [2.45, 2.75) is 6.04 Å². The number of methoxy groups -OCH3 is 1. The lowest BCUT2D eigenvalue weighted by atomic mass is 10.3. The lowest BCUT2D eigenvalue weighted by molar-refractivity contribution is -0.142. The first-order chi connectivity index (χ1) is 8.56. The number of hydrogen-bond donors (Lipinski definition) is 2. The molecule has 2 N–H and O–H groups in total. The molecular formula is C11H12Cl2N2O3. The molecule has 98 valence electrons. The number of anilines is 1. The molecule has 5 nitrogen and oxygen atoms in total. The SMILES string of the molecule is COC(=O)C(CCl)NC(=O)Nc1ccc(Cl)cc1. The Labute approximate surface area is 114 Å². The van der Waals surface area contributed by atoms with Crippen LogP contribution in [0.3, 0.4) is 0 Å². The Hall–Kier alpha value is -1.46. The number of ether oxygens (including phenoxy) is 1. The van der Waals surface area contributed by atoms with E-state index in [0.29, 0.717) is 10.7 Å². The van der Waals surface area contributed by atoms with Crippen LogP contribution in [0, 0.1) is 0 Å². The van der Waals surface area contributed by atoms with Crippen LogP contribution in [0.15, 0.2) is 24.3 Å². The van der Waals surface area contributed by atoms with Gasteiger partial charge in [-0.15, -0.1) is 11.6 Å². The number of carbonyl (C=O) groups is 2. The van der Waals surface area contributed by atoms with Crippen LogP contribution in [0.4, 0.5) is 10.5 Å². The summed E-state index contributed by atoms with van der Waals surface area (Å²) in [6.07, 6.45) is 0. The first-order valence-corrected chi connectivity index (χ1v) is 5.95. The maximum Gasteiger partial charge on any atom is 0.329 e. The van der Waals surface area contributed by atoms with Crippen molar-refractivity contribution in [1.29, 1.82) is 0 Å². The number of carbonyl (C=O) groups excluding carboxylic acids is 2. The van der Waals surface area contributed by atoms with Crippen LogP contribution in [-0.4, -0.2) is 31.0 Å². The van der Waals surface area contributed by atoms with Crippen molar-refractivity contribution in [2.75, 3.05) is 18.3 Å². The number of rotatable bonds is 4. The maximum atomic E-state index is 11.6. The molecule has 1 unspecified atom stereocenters. The molecule has 1 aromatic rings. The van der Waals surface area contributed by atoms with Gasteiger partial charge in [-0.1, -0.05) is 11.6 Å². The topological polar surface area (TPSA) is 67.4 Å². The molecular weight excluding hydrogens is 279 g/mol. The van der Waals surface area contributed by atoms with Crippen LogP contribution in [0.1, 0.15) is 0 Å². The standard InChI is InChI=1S/C11H12Cl2N2O3/c1-18-10(16)9(6-12)15-11(17)14-8-4-2-7(13)3-5-8/h2-5,9H,6H2,1H3,(H2,14,15,17). The maximum absolute atomic E-state index is 11.6. The van der Waals surface area contributed by atoms with E-state index < -0.39 is 18.0 Å². The molecule has 0 heterocycles. The van der Waals surface area contributed by atoms with Gasteiger partial charge in [0.05, 0.1) is 13.0 Å². The zero-order valence-corrected chi connectivity index (χ0v) is 11.1. The number of halogens is 2. The van der Waals surface area contributed by atoms with Gasteiger partial charge in [0.25, 0.3) is 0 Å². The van der Waals surface area contributed by atoms with Crippen molar-refractivity contribution in [3.05, 3.63) is 29.3 Å². The number of benzene rings is 1. The second-order valence-corrected chi connectivity index (χ2v) is 4.08. The molecule has 0 saturated carbocycles. The molecule has 0 aliphatic carbocycles. The van der Waals surface area contributed by atoms with Crippen LogP contribution in [0.25, 0.3) is 0 Å². The molecule has 0 fully saturated rings. The number of amides is 2.